The number of nitrogens with one attached hydrogen (secondary N) is 1. The Kier molecular flexibility index (Phi) is 12.0. The summed E-state index contributed by atoms with van der Waals surface area (Å²) in [6, 6.07) is 23.3. The highest BCUT2D eigenvalue weighted by molar-refractivity contribution is 6.24. The van der Waals surface area contributed by atoms with Crippen LogP contribution in [0.5, 0.6) is 5.75 Å². The second-order valence-electron chi connectivity index (χ2n) is 15.1. The van der Waals surface area contributed by atoms with Crippen LogP contribution in [0.2, 0.25) is 0 Å². The largest absolute Gasteiger partial charge is 0.491 e. The highest BCUT2D eigenvalue weighted by atomic mass is 16.6. The summed E-state index contributed by atoms with van der Waals surface area (Å²) in [5.74, 6) is -0.496. The Bertz CT molecular complexity index is 2340. The van der Waals surface area contributed by atoms with Gasteiger partial charge < -0.3 is 34.8 Å². The molecule has 1 spiro atoms. The number of hydrogen-bond donors (Lipinski definition) is 4. The lowest BCUT2D eigenvalue weighted by molar-refractivity contribution is -0.179. The fourth-order valence-electron chi connectivity index (χ4n) is 8.97. The molecule has 0 unspecified atom stereocenters. The number of benzene rings is 4. The molecule has 0 saturated carbocycles. The van der Waals surface area contributed by atoms with Crippen molar-refractivity contribution in [1.82, 2.24) is 10.2 Å². The van der Waals surface area contributed by atoms with E-state index in [4.69, 9.17) is 14.2 Å². The van der Waals surface area contributed by atoms with Gasteiger partial charge in [-0.1, -0.05) is 105 Å². The summed E-state index contributed by atoms with van der Waals surface area (Å²) in [6.45, 7) is 2.63. The van der Waals surface area contributed by atoms with Gasteiger partial charge >= 0.3 is 23.9 Å². The average molecular weight is 816 g/mol. The van der Waals surface area contributed by atoms with Crippen LogP contribution in [0.3, 0.4) is 0 Å². The van der Waals surface area contributed by atoms with Crippen molar-refractivity contribution in [2.75, 3.05) is 31.8 Å². The lowest BCUT2D eigenvalue weighted by Crippen LogP contribution is -2.56. The second-order valence-corrected chi connectivity index (χ2v) is 15.1. The summed E-state index contributed by atoms with van der Waals surface area (Å²) >= 11 is 0. The number of carbonyl (C=O) groups excluding carboxylic acids is 4. The van der Waals surface area contributed by atoms with Crippen LogP contribution in [0.1, 0.15) is 66.3 Å². The maximum absolute atomic E-state index is 16.0. The molecule has 3 aliphatic heterocycles. The van der Waals surface area contributed by atoms with Gasteiger partial charge in [0.05, 0.1) is 38.1 Å². The molecule has 0 radical (unpaired) electrons. The topological polar surface area (TPSA) is 192 Å². The van der Waals surface area contributed by atoms with Gasteiger partial charge in [0.2, 0.25) is 5.91 Å². The molecule has 2 saturated heterocycles. The Labute approximate surface area is 346 Å². The summed E-state index contributed by atoms with van der Waals surface area (Å²) in [6.07, 6.45) is -0.884. The number of carboxylic acids is 1. The zero-order chi connectivity index (χ0) is 42.7. The second kappa shape index (κ2) is 17.4. The molecule has 7 rings (SSSR count). The number of cyclic esters (lactones) is 1. The molecule has 7 atom stereocenters. The number of amides is 3. The SMILES string of the molecule is COC(=O)[C@@H](NC(=O)N1C(=O)[C@@]2(c3cc(C#CCCO)ccc31)[C@H](c1ccccc1OCCO)N1[C@H](c3ccccc3)[C@H](c3ccccc3)OC(=O)[C@H]1[C@@H]2C(=O)O)C(C)C. The zero-order valence-electron chi connectivity index (χ0n) is 33.2. The van der Waals surface area contributed by atoms with Crippen LogP contribution in [0.15, 0.2) is 103 Å². The van der Waals surface area contributed by atoms with Crippen LogP contribution < -0.4 is 15.0 Å². The molecule has 14 heteroatoms. The normalized spacial score (nSPS) is 23.6. The Morgan fingerprint density at radius 2 is 1.55 bits per heavy atom. The minimum absolute atomic E-state index is 0.00618. The molecular formula is C46H45N3O11. The minimum atomic E-state index is -2.28. The summed E-state index contributed by atoms with van der Waals surface area (Å²) in [5.41, 5.74) is -0.303. The smallest absolute Gasteiger partial charge is 0.329 e. The van der Waals surface area contributed by atoms with E-state index in [0.29, 0.717) is 22.3 Å². The van der Waals surface area contributed by atoms with E-state index in [2.05, 4.69) is 17.2 Å². The van der Waals surface area contributed by atoms with E-state index in [1.807, 2.05) is 36.4 Å². The summed E-state index contributed by atoms with van der Waals surface area (Å²) in [4.78, 5) is 75.2. The van der Waals surface area contributed by atoms with Gasteiger partial charge in [-0.05, 0) is 46.9 Å². The first kappa shape index (κ1) is 41.6. The van der Waals surface area contributed by atoms with E-state index in [1.54, 1.807) is 79.4 Å². The molecule has 3 amide bonds. The first-order chi connectivity index (χ1) is 29.0. The number of urea groups is 1. The van der Waals surface area contributed by atoms with Crippen molar-refractivity contribution in [3.8, 4) is 17.6 Å². The highest BCUT2D eigenvalue weighted by Crippen LogP contribution is 2.66. The Morgan fingerprint density at radius 3 is 2.18 bits per heavy atom. The molecule has 3 aliphatic rings. The standard InChI is InChI=1S/C46H45N3O11/c1-27(2)36(42(54)58-3)47-45(57)48-33-22-21-28(14-12-13-23-50)26-32(33)46(44(48)56)35(41(52)53)38-43(55)60-39(30-17-8-5-9-18-30)37(29-15-6-4-7-16-29)49(38)40(46)31-19-10-11-20-34(31)59-25-24-51/h4-11,15-22,26-27,35-40,50-51H,13,23-25H2,1-3H3,(H,47,57)(H,52,53)/t35-,36+,37-,38-,39+,40+,46-/m1/s1. The molecule has 4 aromatic rings. The van der Waals surface area contributed by atoms with Gasteiger partial charge in [0.1, 0.15) is 41.9 Å². The van der Waals surface area contributed by atoms with Crippen molar-refractivity contribution in [3.05, 3.63) is 131 Å². The number of fused-ring (bicyclic) bond motifs is 3. The maximum Gasteiger partial charge on any atom is 0.329 e. The van der Waals surface area contributed by atoms with Gasteiger partial charge in [0.25, 0.3) is 0 Å². The quantitative estimate of drug-likeness (QED) is 0.123. The number of carbonyl (C=O) groups is 5. The molecule has 0 bridgehead atoms. The number of anilines is 1. The Morgan fingerprint density at radius 1 is 0.883 bits per heavy atom. The molecule has 0 aliphatic carbocycles. The van der Waals surface area contributed by atoms with E-state index in [-0.39, 0.29) is 43.2 Å². The minimum Gasteiger partial charge on any atom is -0.491 e. The molecule has 60 heavy (non-hydrogen) atoms. The number of methoxy groups -OCH3 is 1. The molecule has 3 heterocycles. The van der Waals surface area contributed by atoms with Crippen LogP contribution in [0.25, 0.3) is 0 Å². The van der Waals surface area contributed by atoms with Crippen molar-refractivity contribution in [3.63, 3.8) is 0 Å². The van der Waals surface area contributed by atoms with E-state index in [9.17, 15) is 34.5 Å². The number of imide groups is 1. The van der Waals surface area contributed by atoms with E-state index in [0.717, 1.165) is 4.90 Å². The number of ether oxygens (including phenoxy) is 3. The summed E-state index contributed by atoms with van der Waals surface area (Å²) in [7, 11) is 1.17. The number of aliphatic hydroxyl groups is 2. The molecule has 4 aromatic carbocycles. The predicted molar refractivity (Wildman–Crippen MR) is 216 cm³/mol. The van der Waals surface area contributed by atoms with Crippen molar-refractivity contribution >= 4 is 35.5 Å². The number of para-hydroxylation sites is 1. The van der Waals surface area contributed by atoms with E-state index < -0.39 is 77.4 Å². The van der Waals surface area contributed by atoms with Crippen molar-refractivity contribution in [2.45, 2.75) is 56.0 Å². The molecule has 2 fully saturated rings. The van der Waals surface area contributed by atoms with Gasteiger partial charge in [0, 0.05) is 17.5 Å². The number of aliphatic hydroxyl groups excluding tert-OH is 2. The van der Waals surface area contributed by atoms with Gasteiger partial charge in [-0.25, -0.2) is 14.5 Å². The van der Waals surface area contributed by atoms with Crippen LogP contribution in [-0.4, -0.2) is 89.1 Å². The molecule has 14 nitrogen and oxygen atoms in total. The van der Waals surface area contributed by atoms with Crippen LogP contribution in [0, 0.1) is 23.7 Å². The lowest BCUT2D eigenvalue weighted by atomic mass is 9.65. The van der Waals surface area contributed by atoms with Crippen LogP contribution in [0.4, 0.5) is 10.5 Å². The monoisotopic (exact) mass is 815 g/mol. The molecule has 310 valence electrons. The lowest BCUT2D eigenvalue weighted by Gasteiger charge is -2.46. The first-order valence-corrected chi connectivity index (χ1v) is 19.6. The first-order valence-electron chi connectivity index (χ1n) is 19.6. The maximum atomic E-state index is 16.0. The third kappa shape index (κ3) is 7.04. The third-order valence-electron chi connectivity index (χ3n) is 11.4. The fraction of sp³-hybridized carbons (Fsp3) is 0.326. The number of nitrogens with zero attached hydrogens (tertiary/aromatic N) is 2. The Hall–Kier alpha value is -6.53. The van der Waals surface area contributed by atoms with Crippen molar-refractivity contribution in [2.24, 2.45) is 11.8 Å². The molecule has 0 aromatic heterocycles. The molecular weight excluding hydrogens is 771 g/mol. The highest BCUT2D eigenvalue weighted by Gasteiger charge is 2.76. The number of aliphatic carboxylic acids is 1. The van der Waals surface area contributed by atoms with Gasteiger partial charge in [0.15, 0.2) is 0 Å². The van der Waals surface area contributed by atoms with Crippen LogP contribution >= 0.6 is 0 Å². The summed E-state index contributed by atoms with van der Waals surface area (Å²) < 4.78 is 17.4. The van der Waals surface area contributed by atoms with Crippen molar-refractivity contribution < 1.29 is 53.5 Å². The number of carboxylic acid groups (broad SMARTS) is 1. The van der Waals surface area contributed by atoms with Gasteiger partial charge in [-0.2, -0.15) is 0 Å². The van der Waals surface area contributed by atoms with E-state index in [1.165, 1.54) is 13.2 Å². The number of rotatable bonds is 11. The van der Waals surface area contributed by atoms with Gasteiger partial charge in [-0.3, -0.25) is 19.3 Å². The molecule has 4 N–H and O–H groups in total. The van der Waals surface area contributed by atoms with Crippen LogP contribution in [-0.2, 0) is 34.1 Å². The summed E-state index contributed by atoms with van der Waals surface area (Å²) in [5, 5.41) is 33.6. The van der Waals surface area contributed by atoms with E-state index >= 15 is 4.79 Å². The zero-order valence-corrected chi connectivity index (χ0v) is 33.2. The number of esters is 2. The average Bonchev–Trinajstić information content (AvgIpc) is 3.71. The third-order valence-corrected chi connectivity index (χ3v) is 11.4. The van der Waals surface area contributed by atoms with Crippen molar-refractivity contribution in [1.29, 1.82) is 0 Å². The Balaban J connectivity index is 1.58. The predicted octanol–water partition coefficient (Wildman–Crippen LogP) is 4.45. The fourth-order valence-corrected chi connectivity index (χ4v) is 8.97. The van der Waals surface area contributed by atoms with Gasteiger partial charge in [-0.15, -0.1) is 0 Å². The number of hydrogen-bond acceptors (Lipinski definition) is 11. The number of morpholine rings is 1.